The Morgan fingerprint density at radius 3 is 2.48 bits per heavy atom. The van der Waals surface area contributed by atoms with E-state index in [-0.39, 0.29) is 12.6 Å². The highest BCUT2D eigenvalue weighted by atomic mass is 35.5. The van der Waals surface area contributed by atoms with Gasteiger partial charge in [-0.1, -0.05) is 23.4 Å². The second-order valence-electron chi connectivity index (χ2n) is 6.90. The summed E-state index contributed by atoms with van der Waals surface area (Å²) in [4.78, 5) is 12.8. The van der Waals surface area contributed by atoms with Crippen molar-refractivity contribution in [2.75, 3.05) is 12.4 Å². The largest absolute Gasteiger partial charge is 0.482 e. The second kappa shape index (κ2) is 9.73. The van der Waals surface area contributed by atoms with Crippen molar-refractivity contribution in [2.45, 2.75) is 38.2 Å². The Labute approximate surface area is 170 Å². The summed E-state index contributed by atoms with van der Waals surface area (Å²) >= 11 is 7.51. The molecule has 0 fully saturated rings. The van der Waals surface area contributed by atoms with Crippen LogP contribution in [-0.4, -0.2) is 23.9 Å². The number of thioether (sulfide) groups is 1. The van der Waals surface area contributed by atoms with Crippen molar-refractivity contribution < 1.29 is 14.3 Å². The summed E-state index contributed by atoms with van der Waals surface area (Å²) in [6.45, 7) is 7.35. The highest BCUT2D eigenvalue weighted by Crippen LogP contribution is 2.25. The Hall–Kier alpha value is -2.09. The number of carbonyl (C=O) groups excluding carboxylic acids is 1. The van der Waals surface area contributed by atoms with Crippen LogP contribution in [0.2, 0.25) is 5.02 Å². The average molecular weight is 403 g/mol. The minimum atomic E-state index is -0.511. The van der Waals surface area contributed by atoms with Gasteiger partial charge in [-0.3, -0.25) is 0 Å². The average Bonchev–Trinajstić information content (AvgIpc) is 2.58. The minimum absolute atomic E-state index is 0.100. The summed E-state index contributed by atoms with van der Waals surface area (Å²) in [6, 6.07) is 13.3. The van der Waals surface area contributed by atoms with Gasteiger partial charge in [0, 0.05) is 15.5 Å². The SMILES string of the molecule is Cc1cc(SCC#Cc2ccc(Cl)cc2)ccc1OCC(=O)OC(C)(C)C. The number of hydrogen-bond donors (Lipinski definition) is 0. The zero-order chi connectivity index (χ0) is 19.9. The van der Waals surface area contributed by atoms with Crippen LogP contribution in [0, 0.1) is 18.8 Å². The molecule has 142 valence electrons. The smallest absolute Gasteiger partial charge is 0.344 e. The van der Waals surface area contributed by atoms with E-state index >= 15 is 0 Å². The van der Waals surface area contributed by atoms with Crippen LogP contribution in [0.25, 0.3) is 0 Å². The molecule has 0 unspecified atom stereocenters. The third kappa shape index (κ3) is 7.99. The fourth-order valence-electron chi connectivity index (χ4n) is 2.17. The molecule has 0 radical (unpaired) electrons. The van der Waals surface area contributed by atoms with E-state index in [4.69, 9.17) is 21.1 Å². The van der Waals surface area contributed by atoms with Crippen LogP contribution in [0.3, 0.4) is 0 Å². The monoisotopic (exact) mass is 402 g/mol. The summed E-state index contributed by atoms with van der Waals surface area (Å²) in [5.41, 5.74) is 1.40. The topological polar surface area (TPSA) is 35.5 Å². The molecular weight excluding hydrogens is 380 g/mol. The zero-order valence-electron chi connectivity index (χ0n) is 16.0. The van der Waals surface area contributed by atoms with E-state index in [2.05, 4.69) is 11.8 Å². The van der Waals surface area contributed by atoms with Crippen molar-refractivity contribution >= 4 is 29.3 Å². The first-order valence-corrected chi connectivity index (χ1v) is 9.92. The van der Waals surface area contributed by atoms with Crippen LogP contribution < -0.4 is 4.74 Å². The number of benzene rings is 2. The fourth-order valence-corrected chi connectivity index (χ4v) is 3.03. The van der Waals surface area contributed by atoms with Gasteiger partial charge >= 0.3 is 5.97 Å². The van der Waals surface area contributed by atoms with E-state index in [9.17, 15) is 4.79 Å². The molecule has 2 aromatic carbocycles. The lowest BCUT2D eigenvalue weighted by Crippen LogP contribution is -2.27. The Morgan fingerprint density at radius 2 is 1.85 bits per heavy atom. The van der Waals surface area contributed by atoms with Crippen LogP contribution in [0.1, 0.15) is 31.9 Å². The number of halogens is 1. The molecule has 27 heavy (non-hydrogen) atoms. The molecule has 0 aromatic heterocycles. The number of carbonyl (C=O) groups is 1. The first-order chi connectivity index (χ1) is 12.7. The minimum Gasteiger partial charge on any atom is -0.482 e. The molecule has 0 aliphatic carbocycles. The van der Waals surface area contributed by atoms with E-state index in [1.807, 2.05) is 70.2 Å². The Morgan fingerprint density at radius 1 is 1.15 bits per heavy atom. The molecule has 0 spiro atoms. The van der Waals surface area contributed by atoms with Gasteiger partial charge in [0.15, 0.2) is 6.61 Å². The van der Waals surface area contributed by atoms with Crippen molar-refractivity contribution in [1.82, 2.24) is 0 Å². The van der Waals surface area contributed by atoms with Crippen LogP contribution in [0.5, 0.6) is 5.75 Å². The fraction of sp³-hybridized carbons (Fsp3) is 0.318. The van der Waals surface area contributed by atoms with Crippen molar-refractivity contribution in [2.24, 2.45) is 0 Å². The van der Waals surface area contributed by atoms with E-state index in [0.29, 0.717) is 16.5 Å². The standard InChI is InChI=1S/C22H23ClO3S/c1-16-14-19(27-13-5-6-17-7-9-18(23)10-8-17)11-12-20(16)25-15-21(24)26-22(2,3)4/h7-12,14H,13,15H2,1-4H3. The third-order valence-corrected chi connectivity index (χ3v) is 4.43. The molecule has 0 aliphatic rings. The molecule has 0 atom stereocenters. The summed E-state index contributed by atoms with van der Waals surface area (Å²) in [7, 11) is 0. The van der Waals surface area contributed by atoms with Crippen LogP contribution >= 0.6 is 23.4 Å². The van der Waals surface area contributed by atoms with Gasteiger partial charge in [0.2, 0.25) is 0 Å². The molecule has 0 saturated carbocycles. The summed E-state index contributed by atoms with van der Waals surface area (Å²) in [5, 5.41) is 0.708. The van der Waals surface area contributed by atoms with Crippen molar-refractivity contribution in [1.29, 1.82) is 0 Å². The molecule has 0 amide bonds. The predicted octanol–water partition coefficient (Wildman–Crippen LogP) is 5.51. The lowest BCUT2D eigenvalue weighted by Gasteiger charge is -2.19. The van der Waals surface area contributed by atoms with Crippen LogP contribution in [0.15, 0.2) is 47.4 Å². The number of esters is 1. The Bertz CT molecular complexity index is 843. The van der Waals surface area contributed by atoms with Crippen LogP contribution in [-0.2, 0) is 9.53 Å². The van der Waals surface area contributed by atoms with Gasteiger partial charge in [-0.25, -0.2) is 4.79 Å². The lowest BCUT2D eigenvalue weighted by molar-refractivity contribution is -0.157. The Balaban J connectivity index is 1.85. The third-order valence-electron chi connectivity index (χ3n) is 3.30. The first kappa shape index (κ1) is 21.2. The number of rotatable bonds is 5. The van der Waals surface area contributed by atoms with Crippen LogP contribution in [0.4, 0.5) is 0 Å². The molecule has 0 aliphatic heterocycles. The zero-order valence-corrected chi connectivity index (χ0v) is 17.5. The second-order valence-corrected chi connectivity index (χ2v) is 8.38. The summed E-state index contributed by atoms with van der Waals surface area (Å²) < 4.78 is 10.8. The molecule has 0 saturated heterocycles. The van der Waals surface area contributed by atoms with Gasteiger partial charge < -0.3 is 9.47 Å². The normalized spacial score (nSPS) is 10.7. The molecule has 2 rings (SSSR count). The summed E-state index contributed by atoms with van der Waals surface area (Å²) in [6.07, 6.45) is 0. The van der Waals surface area contributed by atoms with Gasteiger partial charge in [0.05, 0.1) is 5.75 Å². The van der Waals surface area contributed by atoms with Crippen molar-refractivity contribution in [3.05, 3.63) is 58.6 Å². The van der Waals surface area contributed by atoms with E-state index in [0.717, 1.165) is 16.0 Å². The Kier molecular flexibility index (Phi) is 7.65. The molecular formula is C22H23ClO3S. The van der Waals surface area contributed by atoms with E-state index in [1.54, 1.807) is 11.8 Å². The van der Waals surface area contributed by atoms with E-state index < -0.39 is 5.60 Å². The van der Waals surface area contributed by atoms with Gasteiger partial charge in [-0.2, -0.15) is 0 Å². The van der Waals surface area contributed by atoms with Gasteiger partial charge in [0.25, 0.3) is 0 Å². The molecule has 0 N–H and O–H groups in total. The van der Waals surface area contributed by atoms with Gasteiger partial charge in [-0.05, 0) is 75.7 Å². The lowest BCUT2D eigenvalue weighted by atomic mass is 10.2. The highest BCUT2D eigenvalue weighted by molar-refractivity contribution is 7.99. The maximum absolute atomic E-state index is 11.7. The summed E-state index contributed by atoms with van der Waals surface area (Å²) in [5.74, 6) is 7.24. The molecule has 2 aromatic rings. The maximum atomic E-state index is 11.7. The molecule has 0 bridgehead atoms. The van der Waals surface area contributed by atoms with Gasteiger partial charge in [-0.15, -0.1) is 11.8 Å². The van der Waals surface area contributed by atoms with Crippen molar-refractivity contribution in [3.8, 4) is 17.6 Å². The van der Waals surface area contributed by atoms with Crippen molar-refractivity contribution in [3.63, 3.8) is 0 Å². The quantitative estimate of drug-likeness (QED) is 0.375. The first-order valence-electron chi connectivity index (χ1n) is 8.55. The van der Waals surface area contributed by atoms with E-state index in [1.165, 1.54) is 0 Å². The molecule has 0 heterocycles. The number of ether oxygens (including phenoxy) is 2. The number of aryl methyl sites for hydroxylation is 1. The maximum Gasteiger partial charge on any atom is 0.344 e. The highest BCUT2D eigenvalue weighted by Gasteiger charge is 2.16. The molecule has 3 nitrogen and oxygen atoms in total. The number of hydrogen-bond acceptors (Lipinski definition) is 4. The molecule has 5 heteroatoms. The predicted molar refractivity (Wildman–Crippen MR) is 112 cm³/mol. The van der Waals surface area contributed by atoms with Gasteiger partial charge in [0.1, 0.15) is 11.4 Å².